The van der Waals surface area contributed by atoms with Gasteiger partial charge in [0.25, 0.3) is 5.91 Å². The fourth-order valence-corrected chi connectivity index (χ4v) is 2.82. The number of ether oxygens (including phenoxy) is 1. The second-order valence-electron chi connectivity index (χ2n) is 5.43. The highest BCUT2D eigenvalue weighted by atomic mass is 35.5. The molecule has 0 aliphatic heterocycles. The third kappa shape index (κ3) is 3.55. The van der Waals surface area contributed by atoms with E-state index in [0.29, 0.717) is 21.9 Å². The minimum Gasteiger partial charge on any atom is -0.396 e. The van der Waals surface area contributed by atoms with Gasteiger partial charge in [-0.3, -0.25) is 4.79 Å². The highest BCUT2D eigenvalue weighted by molar-refractivity contribution is 6.39. The number of hydrogen-bond donors (Lipinski definition) is 3. The maximum Gasteiger partial charge on any atom is 0.269 e. The zero-order chi connectivity index (χ0) is 16.3. The number of aliphatic hydroxyl groups is 1. The van der Waals surface area contributed by atoms with Crippen molar-refractivity contribution in [2.75, 3.05) is 20.3 Å². The van der Waals surface area contributed by atoms with Gasteiger partial charge in [-0.2, -0.15) is 0 Å². The number of benzene rings is 1. The van der Waals surface area contributed by atoms with Gasteiger partial charge in [0.05, 0.1) is 17.2 Å². The average molecular weight is 345 g/mol. The lowest BCUT2D eigenvalue weighted by Gasteiger charge is -2.29. The van der Waals surface area contributed by atoms with Crippen molar-refractivity contribution in [2.24, 2.45) is 0 Å². The maximum atomic E-state index is 12.5. The molecule has 0 aliphatic rings. The first-order chi connectivity index (χ1) is 10.4. The maximum absolute atomic E-state index is 12.5. The van der Waals surface area contributed by atoms with E-state index >= 15 is 0 Å². The number of hydrogen-bond acceptors (Lipinski definition) is 3. The van der Waals surface area contributed by atoms with Crippen molar-refractivity contribution in [3.8, 4) is 0 Å². The van der Waals surface area contributed by atoms with E-state index in [-0.39, 0.29) is 24.8 Å². The summed E-state index contributed by atoms with van der Waals surface area (Å²) in [5, 5.41) is 13.6. The number of amides is 1. The van der Waals surface area contributed by atoms with Crippen LogP contribution in [0.4, 0.5) is 0 Å². The number of aromatic nitrogens is 1. The van der Waals surface area contributed by atoms with Gasteiger partial charge in [0.15, 0.2) is 0 Å². The Hall–Kier alpha value is -1.27. The standard InChI is InChI=1S/C15H18Cl2N2O3/c1-15(5-6-20,8-22-2)19-14(21)13-12(17)10-7-9(16)3-4-11(10)18-13/h3-4,7,18,20H,5-6,8H2,1-2H3,(H,19,21). The van der Waals surface area contributed by atoms with Crippen LogP contribution in [0.3, 0.4) is 0 Å². The molecule has 7 heteroatoms. The van der Waals surface area contributed by atoms with E-state index in [2.05, 4.69) is 10.3 Å². The summed E-state index contributed by atoms with van der Waals surface area (Å²) in [6.07, 6.45) is 0.371. The van der Waals surface area contributed by atoms with Crippen LogP contribution in [0.15, 0.2) is 18.2 Å². The Morgan fingerprint density at radius 2 is 2.18 bits per heavy atom. The third-order valence-electron chi connectivity index (χ3n) is 3.47. The largest absolute Gasteiger partial charge is 0.396 e. The quantitative estimate of drug-likeness (QED) is 0.754. The minimum atomic E-state index is -0.682. The zero-order valence-electron chi connectivity index (χ0n) is 12.4. The summed E-state index contributed by atoms with van der Waals surface area (Å²) in [5.74, 6) is -0.356. The molecule has 5 nitrogen and oxygen atoms in total. The van der Waals surface area contributed by atoms with Gasteiger partial charge in [-0.05, 0) is 31.5 Å². The second kappa shape index (κ2) is 6.87. The Morgan fingerprint density at radius 1 is 1.45 bits per heavy atom. The molecular weight excluding hydrogens is 327 g/mol. The summed E-state index contributed by atoms with van der Waals surface area (Å²) < 4.78 is 5.11. The molecule has 1 unspecified atom stereocenters. The van der Waals surface area contributed by atoms with Crippen LogP contribution in [-0.4, -0.2) is 41.9 Å². The molecule has 1 atom stereocenters. The van der Waals surface area contributed by atoms with Gasteiger partial charge >= 0.3 is 0 Å². The molecule has 0 aliphatic carbocycles. The summed E-state index contributed by atoms with van der Waals surface area (Å²) in [4.78, 5) is 15.5. The van der Waals surface area contributed by atoms with E-state index < -0.39 is 5.54 Å². The number of aliphatic hydroxyl groups excluding tert-OH is 1. The first kappa shape index (κ1) is 17.1. The summed E-state index contributed by atoms with van der Waals surface area (Å²) >= 11 is 12.2. The van der Waals surface area contributed by atoms with E-state index in [0.717, 1.165) is 5.52 Å². The summed E-state index contributed by atoms with van der Waals surface area (Å²) in [5.41, 5.74) is 0.313. The first-order valence-electron chi connectivity index (χ1n) is 6.79. The Labute approximate surface area is 138 Å². The number of methoxy groups -OCH3 is 1. The molecule has 1 amide bonds. The fraction of sp³-hybridized carbons (Fsp3) is 0.400. The van der Waals surface area contributed by atoms with Crippen LogP contribution in [0.2, 0.25) is 10.0 Å². The fourth-order valence-electron chi connectivity index (χ4n) is 2.36. The lowest BCUT2D eigenvalue weighted by molar-refractivity contribution is 0.0722. The molecule has 0 radical (unpaired) electrons. The number of H-pyrrole nitrogens is 1. The predicted molar refractivity (Wildman–Crippen MR) is 87.8 cm³/mol. The lowest BCUT2D eigenvalue weighted by Crippen LogP contribution is -2.50. The van der Waals surface area contributed by atoms with Crippen LogP contribution in [0.1, 0.15) is 23.8 Å². The SMILES string of the molecule is COCC(C)(CCO)NC(=O)c1[nH]c2ccc(Cl)cc2c1Cl. The van der Waals surface area contributed by atoms with Gasteiger partial charge in [0, 0.05) is 29.6 Å². The molecule has 0 spiro atoms. The first-order valence-corrected chi connectivity index (χ1v) is 7.55. The summed E-state index contributed by atoms with van der Waals surface area (Å²) in [6.45, 7) is 2.03. The number of aromatic amines is 1. The number of carbonyl (C=O) groups excluding carboxylic acids is 1. The number of rotatable bonds is 6. The monoisotopic (exact) mass is 344 g/mol. The van der Waals surface area contributed by atoms with Gasteiger partial charge in [0.1, 0.15) is 5.69 Å². The van der Waals surface area contributed by atoms with Gasteiger partial charge in [0.2, 0.25) is 0 Å². The van der Waals surface area contributed by atoms with E-state index in [1.165, 1.54) is 0 Å². The summed E-state index contributed by atoms with van der Waals surface area (Å²) in [7, 11) is 1.54. The number of halogens is 2. The van der Waals surface area contributed by atoms with Crippen molar-refractivity contribution in [1.82, 2.24) is 10.3 Å². The molecule has 1 aromatic heterocycles. The van der Waals surface area contributed by atoms with Crippen molar-refractivity contribution in [1.29, 1.82) is 0 Å². The van der Waals surface area contributed by atoms with E-state index in [4.69, 9.17) is 33.0 Å². The van der Waals surface area contributed by atoms with E-state index in [1.807, 2.05) is 0 Å². The van der Waals surface area contributed by atoms with E-state index in [1.54, 1.807) is 32.2 Å². The predicted octanol–water partition coefficient (Wildman–Crippen LogP) is 2.99. The Kier molecular flexibility index (Phi) is 5.34. The van der Waals surface area contributed by atoms with Crippen LogP contribution < -0.4 is 5.32 Å². The number of carbonyl (C=O) groups is 1. The van der Waals surface area contributed by atoms with Crippen molar-refractivity contribution >= 4 is 40.0 Å². The second-order valence-corrected chi connectivity index (χ2v) is 6.24. The van der Waals surface area contributed by atoms with Crippen LogP contribution >= 0.6 is 23.2 Å². The minimum absolute atomic E-state index is 0.0593. The van der Waals surface area contributed by atoms with Crippen LogP contribution in [0.25, 0.3) is 10.9 Å². The number of nitrogens with one attached hydrogen (secondary N) is 2. The Balaban J connectivity index is 2.31. The molecule has 1 aromatic carbocycles. The zero-order valence-corrected chi connectivity index (χ0v) is 13.9. The van der Waals surface area contributed by atoms with Gasteiger partial charge < -0.3 is 20.1 Å². The highest BCUT2D eigenvalue weighted by Gasteiger charge is 2.28. The smallest absolute Gasteiger partial charge is 0.269 e. The van der Waals surface area contributed by atoms with Crippen LogP contribution in [0.5, 0.6) is 0 Å². The molecule has 2 aromatic rings. The molecule has 1 heterocycles. The van der Waals surface area contributed by atoms with Crippen molar-refractivity contribution in [2.45, 2.75) is 18.9 Å². The lowest BCUT2D eigenvalue weighted by atomic mass is 9.99. The van der Waals surface area contributed by atoms with Gasteiger partial charge in [-0.1, -0.05) is 23.2 Å². The molecule has 0 fully saturated rings. The van der Waals surface area contributed by atoms with E-state index in [9.17, 15) is 4.79 Å². The number of fused-ring (bicyclic) bond motifs is 1. The van der Waals surface area contributed by atoms with Crippen molar-refractivity contribution in [3.63, 3.8) is 0 Å². The average Bonchev–Trinajstić information content (AvgIpc) is 2.76. The molecule has 0 saturated carbocycles. The molecule has 0 bridgehead atoms. The van der Waals surface area contributed by atoms with Gasteiger partial charge in [-0.25, -0.2) is 0 Å². The molecule has 2 rings (SSSR count). The van der Waals surface area contributed by atoms with Crippen molar-refractivity contribution in [3.05, 3.63) is 33.9 Å². The third-order valence-corrected chi connectivity index (χ3v) is 4.09. The van der Waals surface area contributed by atoms with Gasteiger partial charge in [-0.15, -0.1) is 0 Å². The van der Waals surface area contributed by atoms with Crippen LogP contribution in [0, 0.1) is 0 Å². The topological polar surface area (TPSA) is 74.3 Å². The normalized spacial score (nSPS) is 14.0. The molecule has 0 saturated heterocycles. The molecule has 22 heavy (non-hydrogen) atoms. The Bertz CT molecular complexity index is 679. The molecular formula is C15H18Cl2N2O3. The van der Waals surface area contributed by atoms with Crippen LogP contribution in [-0.2, 0) is 4.74 Å². The highest BCUT2D eigenvalue weighted by Crippen LogP contribution is 2.30. The van der Waals surface area contributed by atoms with Crippen molar-refractivity contribution < 1.29 is 14.6 Å². The molecule has 120 valence electrons. The Morgan fingerprint density at radius 3 is 2.82 bits per heavy atom. The molecule has 3 N–H and O–H groups in total. The summed E-state index contributed by atoms with van der Waals surface area (Å²) in [6, 6.07) is 5.19.